The van der Waals surface area contributed by atoms with Crippen LogP contribution in [0.15, 0.2) is 29.3 Å². The normalized spacial score (nSPS) is 12.3. The van der Waals surface area contributed by atoms with Crippen LogP contribution in [0.3, 0.4) is 0 Å². The fourth-order valence-corrected chi connectivity index (χ4v) is 4.12. The van der Waals surface area contributed by atoms with E-state index in [0.717, 1.165) is 21.7 Å². The van der Waals surface area contributed by atoms with Gasteiger partial charge >= 0.3 is 0 Å². The van der Waals surface area contributed by atoms with Gasteiger partial charge in [0, 0.05) is 24.9 Å². The molecule has 8 heteroatoms. The first-order valence-electron chi connectivity index (χ1n) is 9.35. The van der Waals surface area contributed by atoms with Crippen LogP contribution in [0.1, 0.15) is 43.0 Å². The highest BCUT2D eigenvalue weighted by Gasteiger charge is 2.15. The first-order chi connectivity index (χ1) is 13.4. The molecule has 0 saturated heterocycles. The van der Waals surface area contributed by atoms with Crippen LogP contribution in [-0.4, -0.2) is 40.6 Å². The summed E-state index contributed by atoms with van der Waals surface area (Å²) in [4.78, 5) is 17.8. The highest BCUT2D eigenvalue weighted by atomic mass is 32.1. The Morgan fingerprint density at radius 3 is 2.75 bits per heavy atom. The molecule has 2 aromatic heterocycles. The number of ether oxygens (including phenoxy) is 2. The van der Waals surface area contributed by atoms with E-state index in [9.17, 15) is 4.79 Å². The van der Waals surface area contributed by atoms with Crippen LogP contribution in [-0.2, 0) is 11.3 Å². The van der Waals surface area contributed by atoms with Gasteiger partial charge in [0.2, 0.25) is 0 Å². The van der Waals surface area contributed by atoms with Gasteiger partial charge in [0.1, 0.15) is 5.75 Å². The average molecular weight is 403 g/mol. The molecule has 0 bridgehead atoms. The second-order valence-electron chi connectivity index (χ2n) is 6.69. The van der Waals surface area contributed by atoms with E-state index >= 15 is 0 Å². The van der Waals surface area contributed by atoms with Crippen molar-refractivity contribution in [1.82, 2.24) is 14.3 Å². The number of carbonyl (C=O) groups is 1. The topological polar surface area (TPSA) is 70.6 Å². The minimum atomic E-state index is -0.341. The van der Waals surface area contributed by atoms with Gasteiger partial charge in [0.15, 0.2) is 10.5 Å². The van der Waals surface area contributed by atoms with Crippen LogP contribution >= 0.6 is 11.3 Å². The van der Waals surface area contributed by atoms with Crippen molar-refractivity contribution in [3.63, 3.8) is 0 Å². The van der Waals surface area contributed by atoms with Crippen molar-refractivity contribution in [3.05, 3.63) is 40.5 Å². The van der Waals surface area contributed by atoms with Crippen LogP contribution in [0.25, 0.3) is 10.2 Å². The van der Waals surface area contributed by atoms with E-state index in [4.69, 9.17) is 9.47 Å². The van der Waals surface area contributed by atoms with E-state index in [1.54, 1.807) is 13.2 Å². The van der Waals surface area contributed by atoms with Gasteiger partial charge in [-0.1, -0.05) is 11.3 Å². The van der Waals surface area contributed by atoms with Gasteiger partial charge in [-0.2, -0.15) is 10.1 Å². The maximum absolute atomic E-state index is 12.8. The Labute approximate surface area is 168 Å². The number of amides is 1. The Morgan fingerprint density at radius 1 is 1.32 bits per heavy atom. The van der Waals surface area contributed by atoms with Crippen LogP contribution in [0.5, 0.6) is 5.75 Å². The molecule has 1 aromatic carbocycles. The van der Waals surface area contributed by atoms with Gasteiger partial charge in [-0.15, -0.1) is 0 Å². The van der Waals surface area contributed by atoms with Gasteiger partial charge in [0.25, 0.3) is 5.91 Å². The standard InChI is InChI=1S/C20H26N4O3S/c1-6-27-10-9-23-17-8-7-15(26-5)12-18(17)28-20(23)21-19(25)16-11-14(4)24(22-16)13(2)3/h7-8,11-13H,6,9-10H2,1-5H3. The number of aromatic nitrogens is 3. The molecule has 7 nitrogen and oxygen atoms in total. The number of rotatable bonds is 7. The summed E-state index contributed by atoms with van der Waals surface area (Å²) in [6, 6.07) is 7.82. The summed E-state index contributed by atoms with van der Waals surface area (Å²) in [5.41, 5.74) is 2.30. The lowest BCUT2D eigenvalue weighted by Crippen LogP contribution is -2.20. The van der Waals surface area contributed by atoms with Crippen molar-refractivity contribution in [1.29, 1.82) is 0 Å². The van der Waals surface area contributed by atoms with Gasteiger partial charge < -0.3 is 14.0 Å². The lowest BCUT2D eigenvalue weighted by molar-refractivity contribution is 0.0991. The van der Waals surface area contributed by atoms with Gasteiger partial charge in [-0.3, -0.25) is 9.48 Å². The molecule has 0 radical (unpaired) electrons. The molecule has 0 aliphatic heterocycles. The molecule has 0 N–H and O–H groups in total. The van der Waals surface area contributed by atoms with Crippen LogP contribution in [0, 0.1) is 6.92 Å². The number of carbonyl (C=O) groups excluding carboxylic acids is 1. The monoisotopic (exact) mass is 402 g/mol. The van der Waals surface area contributed by atoms with Crippen LogP contribution in [0.4, 0.5) is 0 Å². The molecule has 3 aromatic rings. The quantitative estimate of drug-likeness (QED) is 0.567. The summed E-state index contributed by atoms with van der Waals surface area (Å²) >= 11 is 1.46. The van der Waals surface area contributed by atoms with Crippen molar-refractivity contribution in [3.8, 4) is 5.75 Å². The fraction of sp³-hybridized carbons (Fsp3) is 0.450. The molecule has 1 amide bonds. The number of fused-ring (bicyclic) bond motifs is 1. The highest BCUT2D eigenvalue weighted by Crippen LogP contribution is 2.23. The third kappa shape index (κ3) is 4.18. The molecule has 0 saturated carbocycles. The minimum Gasteiger partial charge on any atom is -0.497 e. The number of hydrogen-bond acceptors (Lipinski definition) is 5. The molecule has 0 aliphatic rings. The van der Waals surface area contributed by atoms with Crippen LogP contribution in [0.2, 0.25) is 0 Å². The molecule has 28 heavy (non-hydrogen) atoms. The van der Waals surface area contributed by atoms with Crippen LogP contribution < -0.4 is 9.54 Å². The van der Waals surface area contributed by atoms with Crippen molar-refractivity contribution < 1.29 is 14.3 Å². The van der Waals surface area contributed by atoms with Gasteiger partial charge in [-0.25, -0.2) is 0 Å². The number of aryl methyl sites for hydroxylation is 1. The number of methoxy groups -OCH3 is 1. The first-order valence-corrected chi connectivity index (χ1v) is 10.2. The molecular formula is C20H26N4O3S. The largest absolute Gasteiger partial charge is 0.497 e. The second kappa shape index (κ2) is 8.70. The molecule has 150 valence electrons. The molecule has 2 heterocycles. The molecule has 0 spiro atoms. The molecule has 0 aliphatic carbocycles. The molecule has 0 unspecified atom stereocenters. The summed E-state index contributed by atoms with van der Waals surface area (Å²) < 4.78 is 15.7. The Kier molecular flexibility index (Phi) is 6.31. The first kappa shape index (κ1) is 20.3. The van der Waals surface area contributed by atoms with E-state index in [1.807, 2.05) is 55.1 Å². The third-order valence-electron chi connectivity index (χ3n) is 4.38. The number of hydrogen-bond donors (Lipinski definition) is 0. The van der Waals surface area contributed by atoms with Crippen molar-refractivity contribution in [2.45, 2.75) is 40.3 Å². The van der Waals surface area contributed by atoms with E-state index < -0.39 is 0 Å². The lowest BCUT2D eigenvalue weighted by atomic mass is 10.3. The van der Waals surface area contributed by atoms with E-state index in [2.05, 4.69) is 10.1 Å². The van der Waals surface area contributed by atoms with Gasteiger partial charge in [0.05, 0.1) is 23.9 Å². The minimum absolute atomic E-state index is 0.189. The Bertz CT molecular complexity index is 1050. The number of thiazole rings is 1. The summed E-state index contributed by atoms with van der Waals surface area (Å²) in [6.45, 7) is 9.79. The maximum Gasteiger partial charge on any atom is 0.300 e. The van der Waals surface area contributed by atoms with Crippen molar-refractivity contribution in [2.24, 2.45) is 4.99 Å². The molecule has 3 rings (SSSR count). The van der Waals surface area contributed by atoms with E-state index in [0.29, 0.717) is 30.3 Å². The predicted octanol–water partition coefficient (Wildman–Crippen LogP) is 3.57. The zero-order chi connectivity index (χ0) is 20.3. The number of benzene rings is 1. The van der Waals surface area contributed by atoms with Gasteiger partial charge in [-0.05, 0) is 52.0 Å². The Hall–Kier alpha value is -2.45. The number of nitrogens with zero attached hydrogens (tertiary/aromatic N) is 4. The second-order valence-corrected chi connectivity index (χ2v) is 7.70. The summed E-state index contributed by atoms with van der Waals surface area (Å²) in [7, 11) is 1.64. The lowest BCUT2D eigenvalue weighted by Gasteiger charge is -2.06. The fourth-order valence-electron chi connectivity index (χ4n) is 3.04. The highest BCUT2D eigenvalue weighted by molar-refractivity contribution is 7.16. The Balaban J connectivity index is 2.05. The molecule has 0 atom stereocenters. The zero-order valence-electron chi connectivity index (χ0n) is 16.9. The third-order valence-corrected chi connectivity index (χ3v) is 5.42. The van der Waals surface area contributed by atoms with Crippen molar-refractivity contribution >= 4 is 27.5 Å². The predicted molar refractivity (Wildman–Crippen MR) is 110 cm³/mol. The Morgan fingerprint density at radius 2 is 2.11 bits per heavy atom. The van der Waals surface area contributed by atoms with Crippen molar-refractivity contribution in [2.75, 3.05) is 20.3 Å². The van der Waals surface area contributed by atoms with E-state index in [-0.39, 0.29) is 11.9 Å². The smallest absolute Gasteiger partial charge is 0.300 e. The van der Waals surface area contributed by atoms with E-state index in [1.165, 1.54) is 11.3 Å². The molecule has 0 fully saturated rings. The summed E-state index contributed by atoms with van der Waals surface area (Å²) in [5.74, 6) is 0.432. The zero-order valence-corrected chi connectivity index (χ0v) is 17.7. The molecular weight excluding hydrogens is 376 g/mol. The maximum atomic E-state index is 12.8. The average Bonchev–Trinajstić information content (AvgIpc) is 3.22. The summed E-state index contributed by atoms with van der Waals surface area (Å²) in [6.07, 6.45) is 0. The SMILES string of the molecule is CCOCCn1c(=NC(=O)c2cc(C)n(C(C)C)n2)sc2cc(OC)ccc21. The summed E-state index contributed by atoms with van der Waals surface area (Å²) in [5, 5.41) is 4.42.